The van der Waals surface area contributed by atoms with Crippen LogP contribution >= 0.6 is 0 Å². The fourth-order valence-electron chi connectivity index (χ4n) is 3.28. The molecule has 2 unspecified atom stereocenters. The monoisotopic (exact) mass is 270 g/mol. The maximum Gasteiger partial charge on any atom is 0.138 e. The molecule has 0 amide bonds. The molecule has 0 radical (unpaired) electrons. The lowest BCUT2D eigenvalue weighted by Gasteiger charge is -2.34. The van der Waals surface area contributed by atoms with E-state index < -0.39 is 0 Å². The largest absolute Gasteiger partial charge is 0.310 e. The van der Waals surface area contributed by atoms with Gasteiger partial charge in [0, 0.05) is 19.5 Å². The number of nitrogens with zero attached hydrogens (tertiary/aromatic N) is 3. The van der Waals surface area contributed by atoms with Gasteiger partial charge in [-0.1, -0.05) is 31.2 Å². The molecule has 1 aliphatic carbocycles. The molecule has 1 N–H and O–H groups in total. The molecule has 0 spiro atoms. The summed E-state index contributed by atoms with van der Waals surface area (Å²) in [6, 6.07) is 9.25. The first-order chi connectivity index (χ1) is 9.79. The van der Waals surface area contributed by atoms with Crippen molar-refractivity contribution < 1.29 is 0 Å². The van der Waals surface area contributed by atoms with Gasteiger partial charge in [0.15, 0.2) is 0 Å². The third-order valence-electron chi connectivity index (χ3n) is 4.32. The standard InChI is InChI=1S/C16H22N4/c1-3-17-16-13(10-15-18-11-19-20(15)2)9-8-12-6-4-5-7-14(12)16/h4-7,11,13,16-17H,3,8-10H2,1-2H3. The van der Waals surface area contributed by atoms with E-state index in [1.807, 2.05) is 11.7 Å². The zero-order valence-corrected chi connectivity index (χ0v) is 12.2. The summed E-state index contributed by atoms with van der Waals surface area (Å²) in [5, 5.41) is 7.85. The van der Waals surface area contributed by atoms with Gasteiger partial charge in [-0.25, -0.2) is 4.98 Å². The molecule has 0 bridgehead atoms. The Bertz CT molecular complexity index is 575. The minimum Gasteiger partial charge on any atom is -0.310 e. The molecule has 2 atom stereocenters. The van der Waals surface area contributed by atoms with Crippen molar-refractivity contribution in [3.63, 3.8) is 0 Å². The highest BCUT2D eigenvalue weighted by atomic mass is 15.3. The van der Waals surface area contributed by atoms with Crippen molar-refractivity contribution >= 4 is 0 Å². The second-order valence-corrected chi connectivity index (χ2v) is 5.54. The summed E-state index contributed by atoms with van der Waals surface area (Å²) in [6.45, 7) is 3.17. The first kappa shape index (κ1) is 13.3. The number of fused-ring (bicyclic) bond motifs is 1. The van der Waals surface area contributed by atoms with Gasteiger partial charge in [0.1, 0.15) is 12.2 Å². The van der Waals surface area contributed by atoms with Gasteiger partial charge in [-0.15, -0.1) is 0 Å². The lowest BCUT2D eigenvalue weighted by molar-refractivity contribution is 0.315. The molecule has 1 aromatic carbocycles. The zero-order valence-electron chi connectivity index (χ0n) is 12.2. The minimum absolute atomic E-state index is 0.432. The Morgan fingerprint density at radius 2 is 2.20 bits per heavy atom. The molecule has 1 heterocycles. The molecule has 1 aliphatic rings. The number of benzene rings is 1. The highest BCUT2D eigenvalue weighted by molar-refractivity contribution is 5.33. The normalized spacial score (nSPS) is 21.7. The van der Waals surface area contributed by atoms with Crippen LogP contribution < -0.4 is 5.32 Å². The predicted molar refractivity (Wildman–Crippen MR) is 79.4 cm³/mol. The fraction of sp³-hybridized carbons (Fsp3) is 0.500. The SMILES string of the molecule is CCNC1c2ccccc2CCC1Cc1ncnn1C. The van der Waals surface area contributed by atoms with Gasteiger partial charge in [0.05, 0.1) is 0 Å². The van der Waals surface area contributed by atoms with Crippen molar-refractivity contribution in [2.75, 3.05) is 6.54 Å². The molecule has 4 nitrogen and oxygen atoms in total. The molecular formula is C16H22N4. The zero-order chi connectivity index (χ0) is 13.9. The van der Waals surface area contributed by atoms with Crippen molar-refractivity contribution in [1.29, 1.82) is 0 Å². The average molecular weight is 270 g/mol. The van der Waals surface area contributed by atoms with Gasteiger partial charge in [-0.2, -0.15) is 5.10 Å². The summed E-state index contributed by atoms with van der Waals surface area (Å²) in [7, 11) is 1.97. The lowest BCUT2D eigenvalue weighted by atomic mass is 9.78. The van der Waals surface area contributed by atoms with Crippen LogP contribution in [0.4, 0.5) is 0 Å². The lowest BCUT2D eigenvalue weighted by Crippen LogP contribution is -2.34. The van der Waals surface area contributed by atoms with Crippen LogP contribution in [0.5, 0.6) is 0 Å². The third-order valence-corrected chi connectivity index (χ3v) is 4.32. The molecule has 0 saturated heterocycles. The summed E-state index contributed by atoms with van der Waals surface area (Å²) in [6.07, 6.45) is 5.01. The smallest absolute Gasteiger partial charge is 0.138 e. The number of nitrogens with one attached hydrogen (secondary N) is 1. The Labute approximate surface area is 120 Å². The molecular weight excluding hydrogens is 248 g/mol. The second kappa shape index (κ2) is 5.75. The Kier molecular flexibility index (Phi) is 3.83. The molecule has 0 saturated carbocycles. The van der Waals surface area contributed by atoms with E-state index in [1.54, 1.807) is 6.33 Å². The molecule has 3 rings (SSSR count). The van der Waals surface area contributed by atoms with Crippen LogP contribution in [0, 0.1) is 5.92 Å². The van der Waals surface area contributed by atoms with Gasteiger partial charge in [-0.05, 0) is 36.4 Å². The first-order valence-corrected chi connectivity index (χ1v) is 7.43. The summed E-state index contributed by atoms with van der Waals surface area (Å²) < 4.78 is 1.89. The maximum absolute atomic E-state index is 4.38. The molecule has 0 aliphatic heterocycles. The molecule has 4 heteroatoms. The first-order valence-electron chi connectivity index (χ1n) is 7.43. The van der Waals surface area contributed by atoms with Crippen LogP contribution in [0.25, 0.3) is 0 Å². The maximum atomic E-state index is 4.38. The average Bonchev–Trinajstić information content (AvgIpc) is 2.87. The predicted octanol–water partition coefficient (Wildman–Crippen LogP) is 2.27. The van der Waals surface area contributed by atoms with Crippen molar-refractivity contribution in [2.45, 2.75) is 32.2 Å². The van der Waals surface area contributed by atoms with Crippen molar-refractivity contribution in [1.82, 2.24) is 20.1 Å². The van der Waals surface area contributed by atoms with E-state index in [0.29, 0.717) is 12.0 Å². The van der Waals surface area contributed by atoms with Crippen LogP contribution in [-0.2, 0) is 19.9 Å². The van der Waals surface area contributed by atoms with Gasteiger partial charge in [0.25, 0.3) is 0 Å². The number of rotatable bonds is 4. The van der Waals surface area contributed by atoms with Gasteiger partial charge in [-0.3, -0.25) is 4.68 Å². The number of aromatic nitrogens is 3. The third kappa shape index (κ3) is 2.48. The summed E-state index contributed by atoms with van der Waals surface area (Å²) in [5.41, 5.74) is 2.96. The molecule has 1 aromatic heterocycles. The van der Waals surface area contributed by atoms with Gasteiger partial charge >= 0.3 is 0 Å². The van der Waals surface area contributed by atoms with E-state index >= 15 is 0 Å². The summed E-state index contributed by atoms with van der Waals surface area (Å²) >= 11 is 0. The van der Waals surface area contributed by atoms with Crippen LogP contribution in [0.1, 0.15) is 36.3 Å². The number of hydrogen-bond donors (Lipinski definition) is 1. The van der Waals surface area contributed by atoms with E-state index in [2.05, 4.69) is 46.6 Å². The molecule has 20 heavy (non-hydrogen) atoms. The van der Waals surface area contributed by atoms with E-state index in [-0.39, 0.29) is 0 Å². The van der Waals surface area contributed by atoms with Crippen molar-refractivity contribution in [3.8, 4) is 0 Å². The quantitative estimate of drug-likeness (QED) is 0.927. The summed E-state index contributed by atoms with van der Waals surface area (Å²) in [4.78, 5) is 4.38. The van der Waals surface area contributed by atoms with Gasteiger partial charge in [0.2, 0.25) is 0 Å². The highest BCUT2D eigenvalue weighted by Gasteiger charge is 2.29. The number of aryl methyl sites for hydroxylation is 2. The highest BCUT2D eigenvalue weighted by Crippen LogP contribution is 2.35. The molecule has 0 fully saturated rings. The van der Waals surface area contributed by atoms with Crippen LogP contribution in [0.3, 0.4) is 0 Å². The van der Waals surface area contributed by atoms with Crippen LogP contribution in [-0.4, -0.2) is 21.3 Å². The Balaban J connectivity index is 1.86. The Morgan fingerprint density at radius 1 is 1.35 bits per heavy atom. The van der Waals surface area contributed by atoms with Gasteiger partial charge < -0.3 is 5.32 Å². The van der Waals surface area contributed by atoms with Crippen LogP contribution in [0.15, 0.2) is 30.6 Å². The Morgan fingerprint density at radius 3 is 2.95 bits per heavy atom. The number of hydrogen-bond acceptors (Lipinski definition) is 3. The second-order valence-electron chi connectivity index (χ2n) is 5.54. The molecule has 106 valence electrons. The van der Waals surface area contributed by atoms with Crippen LogP contribution in [0.2, 0.25) is 0 Å². The summed E-state index contributed by atoms with van der Waals surface area (Å²) in [5.74, 6) is 1.67. The fourth-order valence-corrected chi connectivity index (χ4v) is 3.28. The van der Waals surface area contributed by atoms with E-state index in [9.17, 15) is 0 Å². The Hall–Kier alpha value is -1.68. The van der Waals surface area contributed by atoms with E-state index in [4.69, 9.17) is 0 Å². The van der Waals surface area contributed by atoms with E-state index in [0.717, 1.165) is 18.8 Å². The minimum atomic E-state index is 0.432. The van der Waals surface area contributed by atoms with Crippen molar-refractivity contribution in [2.24, 2.45) is 13.0 Å². The molecule has 2 aromatic rings. The van der Waals surface area contributed by atoms with E-state index in [1.165, 1.54) is 24.0 Å². The van der Waals surface area contributed by atoms with Crippen molar-refractivity contribution in [3.05, 3.63) is 47.5 Å². The topological polar surface area (TPSA) is 42.7 Å².